The van der Waals surface area contributed by atoms with Crippen LogP contribution in [0.2, 0.25) is 0 Å². The first-order valence-electron chi connectivity index (χ1n) is 7.75. The molecule has 0 aromatic heterocycles. The van der Waals surface area contributed by atoms with Gasteiger partial charge in [0.1, 0.15) is 0 Å². The lowest BCUT2D eigenvalue weighted by Crippen LogP contribution is -2.47. The summed E-state index contributed by atoms with van der Waals surface area (Å²) in [6.07, 6.45) is 2.61. The van der Waals surface area contributed by atoms with Gasteiger partial charge in [-0.15, -0.1) is 12.4 Å². The van der Waals surface area contributed by atoms with Crippen molar-refractivity contribution in [2.45, 2.75) is 39.2 Å². The SMILES string of the molecule is Cc1ccc(CCNC(=O)C(N)C2CCOCC2)c(C)c1.Cl. The van der Waals surface area contributed by atoms with Crippen LogP contribution in [0.1, 0.15) is 29.5 Å². The Morgan fingerprint density at radius 2 is 2.05 bits per heavy atom. The van der Waals surface area contributed by atoms with Crippen molar-refractivity contribution < 1.29 is 9.53 Å². The van der Waals surface area contributed by atoms with Gasteiger partial charge in [0.2, 0.25) is 5.91 Å². The van der Waals surface area contributed by atoms with Crippen molar-refractivity contribution in [1.82, 2.24) is 5.32 Å². The van der Waals surface area contributed by atoms with Crippen LogP contribution in [0.3, 0.4) is 0 Å². The minimum Gasteiger partial charge on any atom is -0.381 e. The summed E-state index contributed by atoms with van der Waals surface area (Å²) in [4.78, 5) is 12.1. The van der Waals surface area contributed by atoms with E-state index < -0.39 is 6.04 Å². The number of halogens is 1. The maximum Gasteiger partial charge on any atom is 0.237 e. The third-order valence-corrected chi connectivity index (χ3v) is 4.27. The zero-order chi connectivity index (χ0) is 15.2. The number of rotatable bonds is 5. The molecule has 124 valence electrons. The van der Waals surface area contributed by atoms with E-state index >= 15 is 0 Å². The maximum absolute atomic E-state index is 12.1. The Morgan fingerprint density at radius 3 is 2.68 bits per heavy atom. The maximum atomic E-state index is 12.1. The number of nitrogens with two attached hydrogens (primary N) is 1. The van der Waals surface area contributed by atoms with Crippen LogP contribution in [-0.4, -0.2) is 31.7 Å². The summed E-state index contributed by atoms with van der Waals surface area (Å²) in [5.41, 5.74) is 9.87. The van der Waals surface area contributed by atoms with Crippen molar-refractivity contribution in [3.63, 3.8) is 0 Å². The first-order valence-corrected chi connectivity index (χ1v) is 7.75. The number of benzene rings is 1. The molecule has 1 unspecified atom stereocenters. The Bertz CT molecular complexity index is 488. The summed E-state index contributed by atoms with van der Waals surface area (Å²) >= 11 is 0. The molecule has 1 aromatic rings. The van der Waals surface area contributed by atoms with E-state index in [9.17, 15) is 4.79 Å². The fourth-order valence-corrected chi connectivity index (χ4v) is 2.85. The van der Waals surface area contributed by atoms with Crippen molar-refractivity contribution in [1.29, 1.82) is 0 Å². The molecule has 3 N–H and O–H groups in total. The molecule has 1 atom stereocenters. The van der Waals surface area contributed by atoms with Gasteiger partial charge in [-0.1, -0.05) is 23.8 Å². The normalized spacial score (nSPS) is 16.7. The zero-order valence-corrected chi connectivity index (χ0v) is 14.2. The van der Waals surface area contributed by atoms with Gasteiger partial charge in [-0.05, 0) is 50.2 Å². The van der Waals surface area contributed by atoms with Gasteiger partial charge in [0.25, 0.3) is 0 Å². The number of hydrogen-bond donors (Lipinski definition) is 2. The highest BCUT2D eigenvalue weighted by Crippen LogP contribution is 2.17. The molecule has 1 saturated heterocycles. The molecule has 1 aliphatic heterocycles. The number of aryl methyl sites for hydroxylation is 2. The lowest BCUT2D eigenvalue weighted by Gasteiger charge is -2.26. The Kier molecular flexibility index (Phi) is 7.87. The van der Waals surface area contributed by atoms with Gasteiger partial charge in [-0.3, -0.25) is 4.79 Å². The molecule has 0 aliphatic carbocycles. The van der Waals surface area contributed by atoms with Crippen LogP contribution in [0.15, 0.2) is 18.2 Å². The standard InChI is InChI=1S/C17H26N2O2.ClH/c1-12-3-4-14(13(2)11-12)5-8-19-17(20)16(18)15-6-9-21-10-7-15;/h3-4,11,15-16H,5-10,18H2,1-2H3,(H,19,20);1H. The summed E-state index contributed by atoms with van der Waals surface area (Å²) in [5.74, 6) is 0.214. The fraction of sp³-hybridized carbons (Fsp3) is 0.588. The van der Waals surface area contributed by atoms with Crippen LogP contribution < -0.4 is 11.1 Å². The van der Waals surface area contributed by atoms with E-state index in [0.717, 1.165) is 19.3 Å². The van der Waals surface area contributed by atoms with E-state index in [1.165, 1.54) is 16.7 Å². The Balaban J connectivity index is 0.00000242. The Hall–Kier alpha value is -1.10. The van der Waals surface area contributed by atoms with Crippen molar-refractivity contribution in [3.8, 4) is 0 Å². The van der Waals surface area contributed by atoms with E-state index in [1.807, 2.05) is 0 Å². The van der Waals surface area contributed by atoms with Gasteiger partial charge < -0.3 is 15.8 Å². The van der Waals surface area contributed by atoms with Crippen LogP contribution in [0.5, 0.6) is 0 Å². The van der Waals surface area contributed by atoms with E-state index in [4.69, 9.17) is 10.5 Å². The van der Waals surface area contributed by atoms with Gasteiger partial charge in [-0.25, -0.2) is 0 Å². The second-order valence-corrected chi connectivity index (χ2v) is 5.95. The second-order valence-electron chi connectivity index (χ2n) is 5.95. The molecule has 1 aliphatic rings. The number of ether oxygens (including phenoxy) is 1. The molecule has 1 fully saturated rings. The summed E-state index contributed by atoms with van der Waals surface area (Å²) in [6, 6.07) is 6.01. The molecular weight excluding hydrogens is 300 g/mol. The van der Waals surface area contributed by atoms with E-state index in [0.29, 0.717) is 19.8 Å². The molecule has 5 heteroatoms. The predicted molar refractivity (Wildman–Crippen MR) is 91.4 cm³/mol. The van der Waals surface area contributed by atoms with Crippen molar-refractivity contribution in [3.05, 3.63) is 34.9 Å². The number of hydrogen-bond acceptors (Lipinski definition) is 3. The molecule has 4 nitrogen and oxygen atoms in total. The topological polar surface area (TPSA) is 64.4 Å². The van der Waals surface area contributed by atoms with Gasteiger partial charge in [-0.2, -0.15) is 0 Å². The summed E-state index contributed by atoms with van der Waals surface area (Å²) in [5, 5.41) is 2.97. The monoisotopic (exact) mass is 326 g/mol. The molecule has 22 heavy (non-hydrogen) atoms. The molecular formula is C17H27ClN2O2. The average Bonchev–Trinajstić information content (AvgIpc) is 2.49. The average molecular weight is 327 g/mol. The summed E-state index contributed by atoms with van der Waals surface area (Å²) in [6.45, 7) is 6.27. The Morgan fingerprint density at radius 1 is 1.36 bits per heavy atom. The van der Waals surface area contributed by atoms with Gasteiger partial charge >= 0.3 is 0 Å². The lowest BCUT2D eigenvalue weighted by atomic mass is 9.92. The van der Waals surface area contributed by atoms with Crippen LogP contribution in [0.4, 0.5) is 0 Å². The molecule has 0 saturated carbocycles. The van der Waals surface area contributed by atoms with Gasteiger partial charge in [0.15, 0.2) is 0 Å². The number of carbonyl (C=O) groups excluding carboxylic acids is 1. The van der Waals surface area contributed by atoms with Crippen LogP contribution in [0, 0.1) is 19.8 Å². The first-order chi connectivity index (χ1) is 10.1. The minimum atomic E-state index is -0.409. The summed E-state index contributed by atoms with van der Waals surface area (Å²) < 4.78 is 5.30. The van der Waals surface area contributed by atoms with Crippen LogP contribution in [0.25, 0.3) is 0 Å². The smallest absolute Gasteiger partial charge is 0.237 e. The third-order valence-electron chi connectivity index (χ3n) is 4.27. The molecule has 1 amide bonds. The number of nitrogens with one attached hydrogen (secondary N) is 1. The van der Waals surface area contributed by atoms with E-state index in [-0.39, 0.29) is 24.2 Å². The molecule has 0 bridgehead atoms. The van der Waals surface area contributed by atoms with Gasteiger partial charge in [0, 0.05) is 19.8 Å². The highest BCUT2D eigenvalue weighted by molar-refractivity contribution is 5.85. The number of carbonyl (C=O) groups is 1. The first kappa shape index (κ1) is 18.9. The zero-order valence-electron chi connectivity index (χ0n) is 13.4. The van der Waals surface area contributed by atoms with Crippen LogP contribution >= 0.6 is 12.4 Å². The van der Waals surface area contributed by atoms with Crippen molar-refractivity contribution >= 4 is 18.3 Å². The van der Waals surface area contributed by atoms with E-state index in [1.54, 1.807) is 0 Å². The lowest BCUT2D eigenvalue weighted by molar-refractivity contribution is -0.124. The number of amides is 1. The summed E-state index contributed by atoms with van der Waals surface area (Å²) in [7, 11) is 0. The highest BCUT2D eigenvalue weighted by Gasteiger charge is 2.26. The van der Waals surface area contributed by atoms with Crippen LogP contribution in [-0.2, 0) is 16.0 Å². The quantitative estimate of drug-likeness (QED) is 0.871. The largest absolute Gasteiger partial charge is 0.381 e. The predicted octanol–water partition coefficient (Wildman–Crippen LogP) is 2.14. The Labute approximate surface area is 139 Å². The molecule has 0 spiro atoms. The minimum absolute atomic E-state index is 0. The fourth-order valence-electron chi connectivity index (χ4n) is 2.85. The molecule has 2 rings (SSSR count). The highest BCUT2D eigenvalue weighted by atomic mass is 35.5. The molecule has 0 radical (unpaired) electrons. The van der Waals surface area contributed by atoms with Crippen molar-refractivity contribution in [2.75, 3.05) is 19.8 Å². The van der Waals surface area contributed by atoms with Gasteiger partial charge in [0.05, 0.1) is 6.04 Å². The van der Waals surface area contributed by atoms with E-state index in [2.05, 4.69) is 37.4 Å². The second kappa shape index (κ2) is 9.13. The molecule has 1 heterocycles. The third kappa shape index (κ3) is 5.27. The molecule has 1 aromatic carbocycles. The van der Waals surface area contributed by atoms with Crippen molar-refractivity contribution in [2.24, 2.45) is 11.7 Å².